The van der Waals surface area contributed by atoms with Crippen LogP contribution >= 0.6 is 0 Å². The van der Waals surface area contributed by atoms with Gasteiger partial charge in [-0.15, -0.1) is 0 Å². The van der Waals surface area contributed by atoms with Gasteiger partial charge in [-0.1, -0.05) is 0 Å². The summed E-state index contributed by atoms with van der Waals surface area (Å²) in [5.74, 6) is -3.24. The number of hydrogen-bond donors (Lipinski definition) is 2. The van der Waals surface area contributed by atoms with Gasteiger partial charge in [-0.2, -0.15) is 0 Å². The molecule has 0 aliphatic carbocycles. The zero-order valence-corrected chi connectivity index (χ0v) is 14.8. The fourth-order valence-electron chi connectivity index (χ4n) is 4.18. The molecule has 5 nitrogen and oxygen atoms in total. The van der Waals surface area contributed by atoms with Gasteiger partial charge in [0.15, 0.2) is 0 Å². The highest BCUT2D eigenvalue weighted by atomic mass is 19.1. The Bertz CT molecular complexity index is 1180. The summed E-state index contributed by atoms with van der Waals surface area (Å²) in [6.07, 6.45) is 3.28. The van der Waals surface area contributed by atoms with Gasteiger partial charge >= 0.3 is 0 Å². The van der Waals surface area contributed by atoms with Crippen molar-refractivity contribution in [3.63, 3.8) is 0 Å². The number of aromatic nitrogens is 2. The number of likely N-dealkylation sites (N-methyl/N-ethyl adjacent to an activating group) is 1. The number of benzene rings is 2. The Morgan fingerprint density at radius 1 is 0.786 bits per heavy atom. The molecule has 4 aromatic rings. The van der Waals surface area contributed by atoms with Gasteiger partial charge < -0.3 is 9.97 Å². The van der Waals surface area contributed by atoms with Crippen molar-refractivity contribution < 1.29 is 18.4 Å². The summed E-state index contributed by atoms with van der Waals surface area (Å²) in [7, 11) is 1.43. The average Bonchev–Trinajstić information content (AvgIpc) is 3.32. The second-order valence-corrected chi connectivity index (χ2v) is 7.06. The number of likely N-dealkylation sites (tertiary alicyclic amines) is 1. The van der Waals surface area contributed by atoms with Gasteiger partial charge in [-0.25, -0.2) is 8.78 Å². The number of halogens is 2. The van der Waals surface area contributed by atoms with E-state index in [9.17, 15) is 18.4 Å². The minimum Gasteiger partial charge on any atom is -0.361 e. The Hall–Kier alpha value is -3.48. The van der Waals surface area contributed by atoms with Crippen LogP contribution in [0.4, 0.5) is 8.78 Å². The summed E-state index contributed by atoms with van der Waals surface area (Å²) in [6, 6.07) is 8.55. The summed E-state index contributed by atoms with van der Waals surface area (Å²) in [5, 5.41) is 1.11. The van der Waals surface area contributed by atoms with E-state index in [-0.39, 0.29) is 11.8 Å². The first kappa shape index (κ1) is 16.7. The molecule has 0 saturated carbocycles. The third kappa shape index (κ3) is 2.22. The highest BCUT2D eigenvalue weighted by Gasteiger charge is 2.49. The molecule has 2 aromatic heterocycles. The number of rotatable bonds is 2. The van der Waals surface area contributed by atoms with Crippen LogP contribution in [-0.2, 0) is 9.59 Å². The van der Waals surface area contributed by atoms with E-state index < -0.39 is 23.5 Å². The Morgan fingerprint density at radius 3 is 1.64 bits per heavy atom. The lowest BCUT2D eigenvalue weighted by molar-refractivity contribution is -0.137. The average molecular weight is 379 g/mol. The number of carbonyl (C=O) groups is 2. The van der Waals surface area contributed by atoms with E-state index >= 15 is 0 Å². The molecule has 2 unspecified atom stereocenters. The van der Waals surface area contributed by atoms with Gasteiger partial charge in [0.05, 0.1) is 11.8 Å². The zero-order chi connectivity index (χ0) is 19.6. The Balaban J connectivity index is 1.74. The van der Waals surface area contributed by atoms with Crippen molar-refractivity contribution in [3.8, 4) is 0 Å². The van der Waals surface area contributed by atoms with Crippen molar-refractivity contribution >= 4 is 33.6 Å². The number of aromatic amines is 2. The monoisotopic (exact) mass is 379 g/mol. The molecule has 2 aromatic carbocycles. The fraction of sp³-hybridized carbons (Fsp3) is 0.143. The number of fused-ring (bicyclic) bond motifs is 2. The molecule has 1 aliphatic rings. The largest absolute Gasteiger partial charge is 0.361 e. The van der Waals surface area contributed by atoms with E-state index in [1.165, 1.54) is 31.3 Å². The second-order valence-electron chi connectivity index (χ2n) is 7.06. The first-order chi connectivity index (χ1) is 13.5. The normalized spacial score (nSPS) is 20.0. The highest BCUT2D eigenvalue weighted by Crippen LogP contribution is 2.45. The lowest BCUT2D eigenvalue weighted by atomic mass is 9.83. The number of carbonyl (C=O) groups excluding carboxylic acids is 2. The van der Waals surface area contributed by atoms with Crippen LogP contribution in [0.3, 0.4) is 0 Å². The van der Waals surface area contributed by atoms with Crippen LogP contribution in [-0.4, -0.2) is 33.7 Å². The summed E-state index contributed by atoms with van der Waals surface area (Å²) >= 11 is 0. The molecule has 7 heteroatoms. The lowest BCUT2D eigenvalue weighted by Crippen LogP contribution is -2.25. The van der Waals surface area contributed by atoms with Crippen molar-refractivity contribution in [2.24, 2.45) is 0 Å². The van der Waals surface area contributed by atoms with E-state index in [1.807, 2.05) is 0 Å². The molecule has 1 saturated heterocycles. The molecular formula is C21H15F2N3O2. The van der Waals surface area contributed by atoms with Crippen LogP contribution in [0.15, 0.2) is 48.8 Å². The Labute approximate surface area is 158 Å². The zero-order valence-electron chi connectivity index (χ0n) is 14.8. The van der Waals surface area contributed by atoms with Gasteiger partial charge in [0.1, 0.15) is 11.6 Å². The van der Waals surface area contributed by atoms with E-state index in [2.05, 4.69) is 9.97 Å². The quantitative estimate of drug-likeness (QED) is 0.520. The van der Waals surface area contributed by atoms with Crippen LogP contribution in [0, 0.1) is 11.6 Å². The molecular weight excluding hydrogens is 364 g/mol. The molecule has 140 valence electrons. The topological polar surface area (TPSA) is 69.0 Å². The van der Waals surface area contributed by atoms with Gasteiger partial charge in [0.25, 0.3) is 0 Å². The van der Waals surface area contributed by atoms with Crippen LogP contribution in [0.5, 0.6) is 0 Å². The van der Waals surface area contributed by atoms with Crippen LogP contribution < -0.4 is 0 Å². The van der Waals surface area contributed by atoms with Crippen molar-refractivity contribution in [2.45, 2.75) is 11.8 Å². The van der Waals surface area contributed by atoms with Gasteiger partial charge in [-0.05, 0) is 47.5 Å². The Kier molecular flexibility index (Phi) is 3.43. The predicted octanol–water partition coefficient (Wildman–Crippen LogP) is 3.79. The number of imide groups is 1. The molecule has 0 radical (unpaired) electrons. The third-order valence-corrected chi connectivity index (χ3v) is 5.55. The van der Waals surface area contributed by atoms with Crippen LogP contribution in [0.25, 0.3) is 21.8 Å². The maximum atomic E-state index is 13.8. The standard InChI is InChI=1S/C21H15F2N3O2/c1-26-20(27)18(14-8-24-16-4-2-10(22)6-12(14)16)19(21(26)28)15-9-25-17-5-3-11(23)7-13(15)17/h2-9,18-19,24-25H,1H3. The van der Waals surface area contributed by atoms with Crippen LogP contribution in [0.1, 0.15) is 23.0 Å². The van der Waals surface area contributed by atoms with Crippen molar-refractivity contribution in [2.75, 3.05) is 7.05 Å². The molecule has 0 bridgehead atoms. The molecule has 0 spiro atoms. The molecule has 2 N–H and O–H groups in total. The molecule has 1 fully saturated rings. The van der Waals surface area contributed by atoms with E-state index in [0.717, 1.165) is 4.90 Å². The van der Waals surface area contributed by atoms with Crippen LogP contribution in [0.2, 0.25) is 0 Å². The Morgan fingerprint density at radius 2 is 1.21 bits per heavy atom. The van der Waals surface area contributed by atoms with E-state index in [1.54, 1.807) is 24.5 Å². The van der Waals surface area contributed by atoms with Crippen molar-refractivity contribution in [3.05, 3.63) is 71.6 Å². The summed E-state index contributed by atoms with van der Waals surface area (Å²) in [4.78, 5) is 33.1. The number of hydrogen-bond acceptors (Lipinski definition) is 2. The minimum atomic E-state index is -0.824. The van der Waals surface area contributed by atoms with Crippen molar-refractivity contribution in [1.29, 1.82) is 0 Å². The minimum absolute atomic E-state index is 0.370. The maximum Gasteiger partial charge on any atom is 0.237 e. The van der Waals surface area contributed by atoms with Gasteiger partial charge in [0, 0.05) is 41.2 Å². The van der Waals surface area contributed by atoms with E-state index in [4.69, 9.17) is 0 Å². The molecule has 28 heavy (non-hydrogen) atoms. The molecule has 5 rings (SSSR count). The predicted molar refractivity (Wildman–Crippen MR) is 99.8 cm³/mol. The summed E-state index contributed by atoms with van der Waals surface area (Å²) in [6.45, 7) is 0. The summed E-state index contributed by atoms with van der Waals surface area (Å²) in [5.41, 5.74) is 2.45. The molecule has 3 heterocycles. The first-order valence-corrected chi connectivity index (χ1v) is 8.80. The molecule has 1 aliphatic heterocycles. The van der Waals surface area contributed by atoms with Crippen molar-refractivity contribution in [1.82, 2.24) is 14.9 Å². The maximum absolute atomic E-state index is 13.8. The van der Waals surface area contributed by atoms with Gasteiger partial charge in [-0.3, -0.25) is 14.5 Å². The fourth-order valence-corrected chi connectivity index (χ4v) is 4.18. The smallest absolute Gasteiger partial charge is 0.237 e. The first-order valence-electron chi connectivity index (χ1n) is 8.80. The number of nitrogens with zero attached hydrogens (tertiary/aromatic N) is 1. The number of nitrogens with one attached hydrogen (secondary N) is 2. The van der Waals surface area contributed by atoms with Gasteiger partial charge in [0.2, 0.25) is 11.8 Å². The summed E-state index contributed by atoms with van der Waals surface area (Å²) < 4.78 is 27.7. The second kappa shape index (κ2) is 5.76. The SMILES string of the molecule is CN1C(=O)C(c2c[nH]c3ccc(F)cc23)C(c2c[nH]c3ccc(F)cc23)C1=O. The lowest BCUT2D eigenvalue weighted by Gasteiger charge is -2.14. The third-order valence-electron chi connectivity index (χ3n) is 5.55. The highest BCUT2D eigenvalue weighted by molar-refractivity contribution is 6.12. The number of H-pyrrole nitrogens is 2. The number of amides is 2. The molecule has 2 amide bonds. The molecule has 2 atom stereocenters. The van der Waals surface area contributed by atoms with E-state index in [0.29, 0.717) is 32.9 Å².